The molecule has 0 spiro atoms. The van der Waals surface area contributed by atoms with E-state index in [-0.39, 0.29) is 16.5 Å². The van der Waals surface area contributed by atoms with Crippen LogP contribution in [0.15, 0.2) is 60.1 Å². The first-order valence-corrected chi connectivity index (χ1v) is 11.8. The highest BCUT2D eigenvalue weighted by atomic mass is 16.2. The Hall–Kier alpha value is -4.31. The first-order chi connectivity index (χ1) is 17.2. The molecule has 2 aliphatic heterocycles. The second kappa shape index (κ2) is 9.04. The van der Waals surface area contributed by atoms with Crippen molar-refractivity contribution < 1.29 is 9.59 Å². The van der Waals surface area contributed by atoms with E-state index in [4.69, 9.17) is 5.10 Å². The minimum absolute atomic E-state index is 0.210. The number of nitrogens with zero attached hydrogens (tertiary/aromatic N) is 6. The Morgan fingerprint density at radius 3 is 2.42 bits per heavy atom. The van der Waals surface area contributed by atoms with E-state index in [2.05, 4.69) is 25.5 Å². The van der Waals surface area contributed by atoms with E-state index in [1.54, 1.807) is 32.7 Å². The van der Waals surface area contributed by atoms with Crippen LogP contribution in [0.4, 0.5) is 27.7 Å². The van der Waals surface area contributed by atoms with Crippen LogP contribution in [0.2, 0.25) is 0 Å². The first kappa shape index (κ1) is 23.4. The third-order valence-corrected chi connectivity index (χ3v) is 6.32. The van der Waals surface area contributed by atoms with E-state index in [1.165, 1.54) is 11.3 Å². The zero-order chi connectivity index (χ0) is 25.4. The van der Waals surface area contributed by atoms with Crippen LogP contribution in [-0.2, 0) is 4.79 Å². The van der Waals surface area contributed by atoms with Crippen LogP contribution in [0.5, 0.6) is 0 Å². The third-order valence-electron chi connectivity index (χ3n) is 6.32. The highest BCUT2D eigenvalue weighted by Crippen LogP contribution is 2.36. The fraction of sp³-hybridized carbons (Fsp3) is 0.269. The molecule has 1 fully saturated rings. The van der Waals surface area contributed by atoms with Gasteiger partial charge in [0, 0.05) is 45.0 Å². The van der Waals surface area contributed by atoms with Crippen molar-refractivity contribution >= 4 is 40.5 Å². The molecule has 2 aromatic heterocycles. The van der Waals surface area contributed by atoms with Crippen LogP contribution in [0.1, 0.15) is 12.0 Å². The highest BCUT2D eigenvalue weighted by molar-refractivity contribution is 6.50. The molecule has 0 atom stereocenters. The number of hydrogen-bond donors (Lipinski definition) is 2. The van der Waals surface area contributed by atoms with Gasteiger partial charge in [0.25, 0.3) is 5.91 Å². The Balaban J connectivity index is 1.40. The molecule has 0 radical (unpaired) electrons. The van der Waals surface area contributed by atoms with Gasteiger partial charge in [-0.15, -0.1) is 0 Å². The van der Waals surface area contributed by atoms with Gasteiger partial charge >= 0.3 is 6.03 Å². The van der Waals surface area contributed by atoms with Crippen molar-refractivity contribution in [2.45, 2.75) is 6.42 Å². The summed E-state index contributed by atoms with van der Waals surface area (Å²) in [5.74, 6) is 0.628. The van der Waals surface area contributed by atoms with Gasteiger partial charge in [-0.3, -0.25) is 9.78 Å². The maximum absolute atomic E-state index is 13.3. The molecule has 10 heteroatoms. The monoisotopic (exact) mass is 485 g/mol. The summed E-state index contributed by atoms with van der Waals surface area (Å²) in [5.41, 5.74) is 4.91. The number of nitrogens with one attached hydrogen (secondary N) is 2. The van der Waals surface area contributed by atoms with Crippen molar-refractivity contribution in [2.75, 3.05) is 56.8 Å². The van der Waals surface area contributed by atoms with Crippen molar-refractivity contribution in [3.63, 3.8) is 0 Å². The SMILES string of the molecule is CN(C)C(=O)Nc1cncc(-c2ccc3c(c2)C(C(=O)Nc2ccc(N4CCC4)nc2)=N[N+]3(C)C)c1. The second-order valence-corrected chi connectivity index (χ2v) is 9.56. The van der Waals surface area contributed by atoms with Gasteiger partial charge in [-0.1, -0.05) is 5.10 Å². The number of aromatic nitrogens is 2. The Morgan fingerprint density at radius 1 is 0.944 bits per heavy atom. The molecule has 0 unspecified atom stereocenters. The van der Waals surface area contributed by atoms with Crippen LogP contribution in [0.3, 0.4) is 0 Å². The lowest BCUT2D eigenvalue weighted by molar-refractivity contribution is -0.110. The van der Waals surface area contributed by atoms with Crippen molar-refractivity contribution in [2.24, 2.45) is 5.10 Å². The summed E-state index contributed by atoms with van der Waals surface area (Å²) in [6, 6.07) is 11.3. The molecule has 3 aromatic rings. The number of pyridine rings is 2. The zero-order valence-electron chi connectivity index (χ0n) is 20.8. The summed E-state index contributed by atoms with van der Waals surface area (Å²) in [6.07, 6.45) is 6.18. The van der Waals surface area contributed by atoms with Gasteiger partial charge < -0.3 is 20.4 Å². The van der Waals surface area contributed by atoms with E-state index < -0.39 is 0 Å². The van der Waals surface area contributed by atoms with Gasteiger partial charge in [0.05, 0.1) is 43.4 Å². The molecule has 184 valence electrons. The number of quaternary nitrogens is 1. The predicted octanol–water partition coefficient (Wildman–Crippen LogP) is 3.37. The predicted molar refractivity (Wildman–Crippen MR) is 142 cm³/mol. The number of benzene rings is 1. The van der Waals surface area contributed by atoms with Crippen molar-refractivity contribution in [3.05, 3.63) is 60.6 Å². The number of carbonyl (C=O) groups excluding carboxylic acids is 2. The van der Waals surface area contributed by atoms with Gasteiger partial charge in [0.2, 0.25) is 0 Å². The smallest absolute Gasteiger partial charge is 0.321 e. The summed E-state index contributed by atoms with van der Waals surface area (Å²) < 4.78 is 0.210. The average molecular weight is 486 g/mol. The van der Waals surface area contributed by atoms with Gasteiger partial charge in [0.15, 0.2) is 11.4 Å². The van der Waals surface area contributed by atoms with Crippen LogP contribution in [0, 0.1) is 0 Å². The molecular formula is C26H29N8O2+. The van der Waals surface area contributed by atoms with E-state index in [0.29, 0.717) is 17.1 Å². The lowest BCUT2D eigenvalue weighted by Crippen LogP contribution is -2.37. The van der Waals surface area contributed by atoms with Crippen molar-refractivity contribution in [1.82, 2.24) is 19.5 Å². The molecule has 0 bridgehead atoms. The number of anilines is 3. The third kappa shape index (κ3) is 4.50. The van der Waals surface area contributed by atoms with Gasteiger partial charge in [-0.25, -0.2) is 9.78 Å². The largest absolute Gasteiger partial charge is 0.356 e. The van der Waals surface area contributed by atoms with Crippen LogP contribution in [0.25, 0.3) is 11.1 Å². The molecule has 10 nitrogen and oxygen atoms in total. The molecular weight excluding hydrogens is 456 g/mol. The first-order valence-electron chi connectivity index (χ1n) is 11.8. The topological polar surface area (TPSA) is 103 Å². The summed E-state index contributed by atoms with van der Waals surface area (Å²) in [5, 5.41) is 10.5. The minimum atomic E-state index is -0.291. The summed E-state index contributed by atoms with van der Waals surface area (Å²) in [7, 11) is 7.22. The lowest BCUT2D eigenvalue weighted by atomic mass is 10.00. The Bertz CT molecular complexity index is 1360. The van der Waals surface area contributed by atoms with Gasteiger partial charge in [0.1, 0.15) is 5.82 Å². The fourth-order valence-corrected chi connectivity index (χ4v) is 4.19. The standard InChI is InChI=1S/C26H28N8O2/c1-32(2)26(36)30-20-12-18(14-27-15-20)17-6-8-22-21(13-17)24(31-34(22,3)4)25(35)29-19-7-9-23(28-16-19)33-10-5-11-33/h6-9,12-16H,5,10-11H2,1-4H3,(H-,29,30,35,36)/p+1. The molecule has 2 N–H and O–H groups in total. The Kier molecular flexibility index (Phi) is 5.89. The molecule has 1 saturated heterocycles. The molecule has 0 aliphatic carbocycles. The van der Waals surface area contributed by atoms with Crippen LogP contribution < -0.4 is 20.1 Å². The molecule has 36 heavy (non-hydrogen) atoms. The summed E-state index contributed by atoms with van der Waals surface area (Å²) in [4.78, 5) is 37.7. The van der Waals surface area contributed by atoms with Crippen LogP contribution in [-0.4, -0.2) is 73.8 Å². The van der Waals surface area contributed by atoms with Gasteiger partial charge in [-0.2, -0.15) is 4.59 Å². The number of hydrogen-bond acceptors (Lipinski definition) is 6. The normalized spacial score (nSPS) is 15.4. The molecule has 0 saturated carbocycles. The highest BCUT2D eigenvalue weighted by Gasteiger charge is 2.37. The molecule has 1 aromatic carbocycles. The molecule has 2 aliphatic rings. The van der Waals surface area contributed by atoms with E-state index in [9.17, 15) is 9.59 Å². The molecule has 5 rings (SSSR count). The Morgan fingerprint density at radius 2 is 1.75 bits per heavy atom. The maximum Gasteiger partial charge on any atom is 0.321 e. The molecule has 3 amide bonds. The molecule has 4 heterocycles. The summed E-state index contributed by atoms with van der Waals surface area (Å²) in [6.45, 7) is 2.03. The van der Waals surface area contributed by atoms with Crippen molar-refractivity contribution in [1.29, 1.82) is 0 Å². The van der Waals surface area contributed by atoms with E-state index in [0.717, 1.165) is 41.3 Å². The van der Waals surface area contributed by atoms with E-state index >= 15 is 0 Å². The zero-order valence-corrected chi connectivity index (χ0v) is 20.8. The Labute approximate surface area is 209 Å². The number of amides is 3. The fourth-order valence-electron chi connectivity index (χ4n) is 4.19. The quantitative estimate of drug-likeness (QED) is 0.540. The lowest BCUT2D eigenvalue weighted by Gasteiger charge is -2.31. The van der Waals surface area contributed by atoms with Crippen molar-refractivity contribution in [3.8, 4) is 11.1 Å². The minimum Gasteiger partial charge on any atom is -0.356 e. The van der Waals surface area contributed by atoms with Gasteiger partial charge in [-0.05, 0) is 42.3 Å². The number of rotatable bonds is 5. The number of fused-ring (bicyclic) bond motifs is 1. The second-order valence-electron chi connectivity index (χ2n) is 9.56. The van der Waals surface area contributed by atoms with E-state index in [1.807, 2.05) is 50.5 Å². The average Bonchev–Trinajstić information content (AvgIpc) is 3.09. The number of carbonyl (C=O) groups is 2. The summed E-state index contributed by atoms with van der Waals surface area (Å²) >= 11 is 0. The van der Waals surface area contributed by atoms with Crippen LogP contribution >= 0.6 is 0 Å². The number of urea groups is 1. The maximum atomic E-state index is 13.3.